The summed E-state index contributed by atoms with van der Waals surface area (Å²) in [6.07, 6.45) is -5.11. The van der Waals surface area contributed by atoms with E-state index in [9.17, 15) is 27.6 Å². The van der Waals surface area contributed by atoms with Crippen LogP contribution in [0.5, 0.6) is 5.75 Å². The van der Waals surface area contributed by atoms with Gasteiger partial charge in [0.25, 0.3) is 11.8 Å². The number of amides is 2. The monoisotopic (exact) mass is 381 g/mol. The first-order valence-corrected chi connectivity index (χ1v) is 6.59. The fraction of sp³-hybridized carbons (Fsp3) is 0.250. The van der Waals surface area contributed by atoms with Crippen LogP contribution in [0.1, 0.15) is 23.2 Å². The van der Waals surface area contributed by atoms with Gasteiger partial charge in [0.15, 0.2) is 0 Å². The summed E-state index contributed by atoms with van der Waals surface area (Å²) in [5.74, 6) is -3.19. The first-order chi connectivity index (χ1) is 10.2. The van der Waals surface area contributed by atoms with E-state index in [0.29, 0.717) is 5.06 Å². The van der Waals surface area contributed by atoms with E-state index in [-0.39, 0.29) is 22.9 Å². The molecule has 2 rings (SSSR count). The standard InChI is InChI=1S/C12H7BrF3NO5/c13-7-3-6(4-8(5-7)21-12(14,15)16)11(20)22-17-9(18)1-2-10(17)19/h3-5H,1-2H2. The third kappa shape index (κ3) is 3.97. The van der Waals surface area contributed by atoms with Crippen LogP contribution in [-0.2, 0) is 14.4 Å². The molecule has 1 saturated heterocycles. The summed E-state index contributed by atoms with van der Waals surface area (Å²) in [6, 6.07) is 2.94. The van der Waals surface area contributed by atoms with Gasteiger partial charge in [-0.25, -0.2) is 4.79 Å². The van der Waals surface area contributed by atoms with Crippen LogP contribution in [-0.4, -0.2) is 29.2 Å². The van der Waals surface area contributed by atoms with E-state index in [1.54, 1.807) is 0 Å². The van der Waals surface area contributed by atoms with Crippen LogP contribution in [0.3, 0.4) is 0 Å². The number of carbonyl (C=O) groups is 3. The molecular formula is C12H7BrF3NO5. The van der Waals surface area contributed by atoms with Crippen LogP contribution < -0.4 is 4.74 Å². The number of hydrogen-bond acceptors (Lipinski definition) is 5. The topological polar surface area (TPSA) is 72.9 Å². The van der Waals surface area contributed by atoms with Crippen molar-refractivity contribution in [3.05, 3.63) is 28.2 Å². The zero-order chi connectivity index (χ0) is 16.5. The van der Waals surface area contributed by atoms with Crippen LogP contribution in [0.25, 0.3) is 0 Å². The molecule has 22 heavy (non-hydrogen) atoms. The van der Waals surface area contributed by atoms with Crippen molar-refractivity contribution in [2.75, 3.05) is 0 Å². The smallest absolute Gasteiger partial charge is 0.406 e. The molecule has 0 aromatic heterocycles. The molecule has 2 amide bonds. The summed E-state index contributed by atoms with van der Waals surface area (Å²) < 4.78 is 40.4. The Balaban J connectivity index is 2.19. The molecule has 1 aromatic carbocycles. The van der Waals surface area contributed by atoms with Crippen LogP contribution in [0.2, 0.25) is 0 Å². The van der Waals surface area contributed by atoms with Crippen LogP contribution in [0.15, 0.2) is 22.7 Å². The van der Waals surface area contributed by atoms with Crippen molar-refractivity contribution < 1.29 is 37.1 Å². The Labute approximate surface area is 129 Å². The van der Waals surface area contributed by atoms with Crippen molar-refractivity contribution in [2.24, 2.45) is 0 Å². The Hall–Kier alpha value is -2.10. The fourth-order valence-electron chi connectivity index (χ4n) is 1.67. The number of ether oxygens (including phenoxy) is 1. The molecule has 1 aliphatic rings. The minimum absolute atomic E-state index is 0.0902. The number of hydroxylamine groups is 2. The van der Waals surface area contributed by atoms with E-state index in [1.165, 1.54) is 0 Å². The third-order valence-electron chi connectivity index (χ3n) is 2.52. The predicted molar refractivity (Wildman–Crippen MR) is 67.3 cm³/mol. The first kappa shape index (κ1) is 16.3. The number of hydrogen-bond donors (Lipinski definition) is 0. The van der Waals surface area contributed by atoms with Gasteiger partial charge in [0.05, 0.1) is 5.56 Å². The first-order valence-electron chi connectivity index (χ1n) is 5.80. The normalized spacial score (nSPS) is 15.2. The number of rotatable bonds is 3. The highest BCUT2D eigenvalue weighted by molar-refractivity contribution is 9.10. The van der Waals surface area contributed by atoms with E-state index in [4.69, 9.17) is 0 Å². The summed E-state index contributed by atoms with van der Waals surface area (Å²) >= 11 is 2.92. The predicted octanol–water partition coefficient (Wildman–Crippen LogP) is 2.57. The summed E-state index contributed by atoms with van der Waals surface area (Å²) in [7, 11) is 0. The zero-order valence-electron chi connectivity index (χ0n) is 10.6. The quantitative estimate of drug-likeness (QED) is 0.752. The molecule has 0 radical (unpaired) electrons. The van der Waals surface area contributed by atoms with Crippen LogP contribution in [0.4, 0.5) is 13.2 Å². The fourth-order valence-corrected chi connectivity index (χ4v) is 2.14. The molecule has 118 valence electrons. The highest BCUT2D eigenvalue weighted by Gasteiger charge is 2.34. The summed E-state index contributed by atoms with van der Waals surface area (Å²) in [6.45, 7) is 0. The van der Waals surface area contributed by atoms with Gasteiger partial charge in [0.1, 0.15) is 5.75 Å². The van der Waals surface area contributed by atoms with Gasteiger partial charge in [-0.3, -0.25) is 9.59 Å². The minimum Gasteiger partial charge on any atom is -0.406 e. The van der Waals surface area contributed by atoms with Crippen molar-refractivity contribution >= 4 is 33.7 Å². The van der Waals surface area contributed by atoms with Gasteiger partial charge in [-0.2, -0.15) is 0 Å². The number of nitrogens with zero attached hydrogens (tertiary/aromatic N) is 1. The van der Waals surface area contributed by atoms with Gasteiger partial charge in [-0.05, 0) is 18.2 Å². The maximum atomic E-state index is 12.2. The zero-order valence-corrected chi connectivity index (χ0v) is 12.2. The second-order valence-corrected chi connectivity index (χ2v) is 5.10. The van der Waals surface area contributed by atoms with Gasteiger partial charge < -0.3 is 9.57 Å². The van der Waals surface area contributed by atoms with Gasteiger partial charge >= 0.3 is 12.3 Å². The molecule has 0 atom stereocenters. The minimum atomic E-state index is -4.93. The summed E-state index contributed by atoms with van der Waals surface area (Å²) in [5.41, 5.74) is -0.318. The van der Waals surface area contributed by atoms with Gasteiger partial charge in [0.2, 0.25) is 0 Å². The van der Waals surface area contributed by atoms with Crippen molar-refractivity contribution in [1.29, 1.82) is 0 Å². The largest absolute Gasteiger partial charge is 0.573 e. The molecule has 0 saturated carbocycles. The average Bonchev–Trinajstić information content (AvgIpc) is 2.67. The maximum absolute atomic E-state index is 12.2. The lowest BCUT2D eigenvalue weighted by molar-refractivity contribution is -0.274. The number of imide groups is 1. The Kier molecular flexibility index (Phi) is 4.40. The lowest BCUT2D eigenvalue weighted by Crippen LogP contribution is -2.32. The molecule has 0 unspecified atom stereocenters. The molecule has 1 heterocycles. The molecule has 0 bridgehead atoms. The molecule has 1 aromatic rings. The van der Waals surface area contributed by atoms with Crippen molar-refractivity contribution in [2.45, 2.75) is 19.2 Å². The highest BCUT2D eigenvalue weighted by atomic mass is 79.9. The van der Waals surface area contributed by atoms with Crippen molar-refractivity contribution in [1.82, 2.24) is 5.06 Å². The molecule has 10 heteroatoms. The van der Waals surface area contributed by atoms with E-state index >= 15 is 0 Å². The van der Waals surface area contributed by atoms with Crippen molar-refractivity contribution in [3.8, 4) is 5.75 Å². The van der Waals surface area contributed by atoms with Crippen LogP contribution in [0, 0.1) is 0 Å². The SMILES string of the molecule is O=C(ON1C(=O)CCC1=O)c1cc(Br)cc(OC(F)(F)F)c1. The van der Waals surface area contributed by atoms with Gasteiger partial charge in [-0.1, -0.05) is 15.9 Å². The summed E-state index contributed by atoms with van der Waals surface area (Å²) in [5, 5.41) is 0.299. The molecule has 0 N–H and O–H groups in total. The molecule has 1 fully saturated rings. The number of halogens is 4. The Bertz CT molecular complexity index is 630. The Morgan fingerprint density at radius 3 is 2.27 bits per heavy atom. The van der Waals surface area contributed by atoms with Gasteiger partial charge in [-0.15, -0.1) is 18.2 Å². The van der Waals surface area contributed by atoms with Gasteiger partial charge in [0, 0.05) is 17.3 Å². The Morgan fingerprint density at radius 1 is 1.14 bits per heavy atom. The molecule has 1 aliphatic heterocycles. The maximum Gasteiger partial charge on any atom is 0.573 e. The average molecular weight is 382 g/mol. The second kappa shape index (κ2) is 5.95. The highest BCUT2D eigenvalue weighted by Crippen LogP contribution is 2.28. The summed E-state index contributed by atoms with van der Waals surface area (Å²) in [4.78, 5) is 39.1. The van der Waals surface area contributed by atoms with Crippen molar-refractivity contribution in [3.63, 3.8) is 0 Å². The van der Waals surface area contributed by atoms with E-state index in [0.717, 1.165) is 18.2 Å². The third-order valence-corrected chi connectivity index (χ3v) is 2.98. The number of carbonyl (C=O) groups excluding carboxylic acids is 3. The Morgan fingerprint density at radius 2 is 1.73 bits per heavy atom. The molecule has 0 spiro atoms. The van der Waals surface area contributed by atoms with E-state index < -0.39 is 29.9 Å². The molecular weight excluding hydrogens is 375 g/mol. The van der Waals surface area contributed by atoms with E-state index in [1.807, 2.05) is 0 Å². The van der Waals surface area contributed by atoms with E-state index in [2.05, 4.69) is 25.5 Å². The molecule has 6 nitrogen and oxygen atoms in total. The lowest BCUT2D eigenvalue weighted by Gasteiger charge is -2.14. The molecule has 0 aliphatic carbocycles. The second-order valence-electron chi connectivity index (χ2n) is 4.18. The van der Waals surface area contributed by atoms with Crippen LogP contribution >= 0.6 is 15.9 Å². The number of benzene rings is 1. The number of alkyl halides is 3. The lowest BCUT2D eigenvalue weighted by atomic mass is 10.2.